The van der Waals surface area contributed by atoms with Crippen molar-refractivity contribution < 1.29 is 19.1 Å². The minimum absolute atomic E-state index is 0.162. The number of para-hydroxylation sites is 1. The standard InChI is InChI=1S/C22H24N4O4/c1-2-13-23-22(29)24-20(27)15-30-21(28)18-14-19(16-9-5-3-6-10-16)26(25-18)17-11-7-4-8-12-17/h3-12,19H,2,13-15H2,1H3,(H2,23,24,27,29). The van der Waals surface area contributed by atoms with Crippen molar-refractivity contribution in [2.24, 2.45) is 5.10 Å². The second kappa shape index (κ2) is 10.2. The highest BCUT2D eigenvalue weighted by Crippen LogP contribution is 2.35. The lowest BCUT2D eigenvalue weighted by atomic mass is 10.0. The number of carbonyl (C=O) groups is 3. The van der Waals surface area contributed by atoms with Gasteiger partial charge in [0.05, 0.1) is 11.7 Å². The van der Waals surface area contributed by atoms with Crippen LogP contribution in [-0.4, -0.2) is 36.8 Å². The number of rotatable bonds is 7. The summed E-state index contributed by atoms with van der Waals surface area (Å²) in [7, 11) is 0. The lowest BCUT2D eigenvalue weighted by molar-refractivity contribution is -0.141. The minimum atomic E-state index is -0.699. The summed E-state index contributed by atoms with van der Waals surface area (Å²) < 4.78 is 5.07. The monoisotopic (exact) mass is 408 g/mol. The van der Waals surface area contributed by atoms with E-state index in [0.717, 1.165) is 17.7 Å². The van der Waals surface area contributed by atoms with Crippen molar-refractivity contribution in [3.8, 4) is 0 Å². The van der Waals surface area contributed by atoms with Gasteiger partial charge >= 0.3 is 12.0 Å². The van der Waals surface area contributed by atoms with Crippen LogP contribution in [0.2, 0.25) is 0 Å². The van der Waals surface area contributed by atoms with Crippen LogP contribution in [0.4, 0.5) is 10.5 Å². The SMILES string of the molecule is CCCNC(=O)NC(=O)COC(=O)C1=NN(c2ccccc2)C(c2ccccc2)C1. The maximum Gasteiger partial charge on any atom is 0.355 e. The van der Waals surface area contributed by atoms with Gasteiger partial charge in [-0.15, -0.1) is 0 Å². The second-order valence-electron chi connectivity index (χ2n) is 6.74. The molecule has 0 bridgehead atoms. The van der Waals surface area contributed by atoms with Crippen molar-refractivity contribution in [3.05, 3.63) is 66.2 Å². The lowest BCUT2D eigenvalue weighted by Gasteiger charge is -2.23. The number of ether oxygens (including phenoxy) is 1. The first-order valence-electron chi connectivity index (χ1n) is 9.80. The molecule has 1 unspecified atom stereocenters. The molecule has 0 aliphatic carbocycles. The zero-order chi connectivity index (χ0) is 21.3. The highest BCUT2D eigenvalue weighted by molar-refractivity contribution is 6.37. The predicted octanol–water partition coefficient (Wildman–Crippen LogP) is 2.77. The zero-order valence-corrected chi connectivity index (χ0v) is 16.7. The Morgan fingerprint density at radius 2 is 1.73 bits per heavy atom. The lowest BCUT2D eigenvalue weighted by Crippen LogP contribution is -2.41. The number of nitrogens with one attached hydrogen (secondary N) is 2. The summed E-state index contributed by atoms with van der Waals surface area (Å²) in [6.07, 6.45) is 1.09. The van der Waals surface area contributed by atoms with Crippen molar-refractivity contribution in [2.45, 2.75) is 25.8 Å². The fraction of sp³-hybridized carbons (Fsp3) is 0.273. The van der Waals surface area contributed by atoms with E-state index in [1.807, 2.05) is 67.6 Å². The van der Waals surface area contributed by atoms with Crippen molar-refractivity contribution >= 4 is 29.3 Å². The third-order valence-electron chi connectivity index (χ3n) is 4.47. The highest BCUT2D eigenvalue weighted by Gasteiger charge is 2.33. The van der Waals surface area contributed by atoms with Gasteiger partial charge < -0.3 is 10.1 Å². The average Bonchev–Trinajstić information content (AvgIpc) is 3.23. The summed E-state index contributed by atoms with van der Waals surface area (Å²) in [5.41, 5.74) is 2.08. The van der Waals surface area contributed by atoms with Crippen molar-refractivity contribution in [3.63, 3.8) is 0 Å². The number of urea groups is 1. The number of imide groups is 1. The normalized spacial score (nSPS) is 15.3. The summed E-state index contributed by atoms with van der Waals surface area (Å²) in [6.45, 7) is 1.79. The molecule has 30 heavy (non-hydrogen) atoms. The van der Waals surface area contributed by atoms with Crippen LogP contribution in [-0.2, 0) is 14.3 Å². The van der Waals surface area contributed by atoms with Crippen molar-refractivity contribution in [1.82, 2.24) is 10.6 Å². The number of hydrogen-bond acceptors (Lipinski definition) is 6. The minimum Gasteiger partial charge on any atom is -0.451 e. The Bertz CT molecular complexity index is 915. The zero-order valence-electron chi connectivity index (χ0n) is 16.7. The smallest absolute Gasteiger partial charge is 0.355 e. The van der Waals surface area contributed by atoms with Gasteiger partial charge in [0, 0.05) is 13.0 Å². The molecule has 2 aromatic carbocycles. The molecular formula is C22H24N4O4. The number of nitrogens with zero attached hydrogens (tertiary/aromatic N) is 2. The molecule has 1 aliphatic heterocycles. The maximum atomic E-state index is 12.5. The molecule has 2 N–H and O–H groups in total. The van der Waals surface area contributed by atoms with E-state index >= 15 is 0 Å². The number of anilines is 1. The van der Waals surface area contributed by atoms with Crippen LogP contribution in [0.25, 0.3) is 0 Å². The third-order valence-corrected chi connectivity index (χ3v) is 4.47. The summed E-state index contributed by atoms with van der Waals surface area (Å²) >= 11 is 0. The largest absolute Gasteiger partial charge is 0.451 e. The molecule has 3 rings (SSSR count). The van der Waals surface area contributed by atoms with Gasteiger partial charge in [-0.25, -0.2) is 9.59 Å². The molecule has 1 atom stereocenters. The van der Waals surface area contributed by atoms with E-state index in [0.29, 0.717) is 13.0 Å². The molecule has 2 aromatic rings. The Balaban J connectivity index is 1.65. The molecule has 0 saturated heterocycles. The van der Waals surface area contributed by atoms with Crippen molar-refractivity contribution in [1.29, 1.82) is 0 Å². The molecule has 8 nitrogen and oxygen atoms in total. The van der Waals surface area contributed by atoms with Crippen molar-refractivity contribution in [2.75, 3.05) is 18.2 Å². The number of esters is 1. The average molecular weight is 408 g/mol. The number of benzene rings is 2. The van der Waals surface area contributed by atoms with Crippen LogP contribution in [0.3, 0.4) is 0 Å². The number of carbonyl (C=O) groups excluding carboxylic acids is 3. The first-order chi connectivity index (χ1) is 14.6. The molecule has 1 aliphatic rings. The fourth-order valence-electron chi connectivity index (χ4n) is 3.05. The summed E-state index contributed by atoms with van der Waals surface area (Å²) in [4.78, 5) is 35.8. The fourth-order valence-corrected chi connectivity index (χ4v) is 3.05. The van der Waals surface area contributed by atoms with Crippen LogP contribution in [0.15, 0.2) is 65.8 Å². The molecule has 0 radical (unpaired) electrons. The highest BCUT2D eigenvalue weighted by atomic mass is 16.5. The van der Waals surface area contributed by atoms with E-state index in [9.17, 15) is 14.4 Å². The summed E-state index contributed by atoms with van der Waals surface area (Å²) in [5, 5.41) is 10.9. The van der Waals surface area contributed by atoms with Gasteiger partial charge in [-0.1, -0.05) is 55.5 Å². The first kappa shape index (κ1) is 21.0. The van der Waals surface area contributed by atoms with Gasteiger partial charge in [0.2, 0.25) is 0 Å². The van der Waals surface area contributed by atoms with Gasteiger partial charge in [-0.05, 0) is 24.1 Å². The number of hydrogen-bond donors (Lipinski definition) is 2. The molecule has 0 saturated carbocycles. The number of hydrazone groups is 1. The van der Waals surface area contributed by atoms with E-state index in [4.69, 9.17) is 4.74 Å². The molecule has 156 valence electrons. The van der Waals surface area contributed by atoms with Gasteiger partial charge in [0.25, 0.3) is 5.91 Å². The van der Waals surface area contributed by atoms with Crippen LogP contribution >= 0.6 is 0 Å². The Hall–Kier alpha value is -3.68. The van der Waals surface area contributed by atoms with Gasteiger partial charge in [0.15, 0.2) is 6.61 Å². The van der Waals surface area contributed by atoms with Crippen LogP contribution in [0.1, 0.15) is 31.4 Å². The molecule has 1 heterocycles. The Morgan fingerprint density at radius 3 is 2.40 bits per heavy atom. The van der Waals surface area contributed by atoms with E-state index < -0.39 is 24.5 Å². The topological polar surface area (TPSA) is 100 Å². The van der Waals surface area contributed by atoms with Crippen LogP contribution in [0.5, 0.6) is 0 Å². The quantitative estimate of drug-likeness (QED) is 0.686. The molecule has 8 heteroatoms. The number of amides is 3. The molecule has 0 aromatic heterocycles. The maximum absolute atomic E-state index is 12.5. The predicted molar refractivity (Wildman–Crippen MR) is 113 cm³/mol. The van der Waals surface area contributed by atoms with Crippen LogP contribution < -0.4 is 15.6 Å². The third kappa shape index (κ3) is 5.44. The van der Waals surface area contributed by atoms with E-state index in [1.54, 1.807) is 5.01 Å². The first-order valence-corrected chi connectivity index (χ1v) is 9.80. The van der Waals surface area contributed by atoms with Gasteiger partial charge in [0.1, 0.15) is 5.71 Å². The Kier molecular flexibility index (Phi) is 7.15. The Labute approximate surface area is 174 Å². The van der Waals surface area contributed by atoms with Gasteiger partial charge in [-0.2, -0.15) is 5.10 Å². The summed E-state index contributed by atoms with van der Waals surface area (Å²) in [6, 6.07) is 18.5. The summed E-state index contributed by atoms with van der Waals surface area (Å²) in [5.74, 6) is -1.38. The second-order valence-corrected chi connectivity index (χ2v) is 6.74. The molecule has 0 spiro atoms. The molecule has 3 amide bonds. The van der Waals surface area contributed by atoms with E-state index in [-0.39, 0.29) is 11.8 Å². The Morgan fingerprint density at radius 1 is 1.07 bits per heavy atom. The molecular weight excluding hydrogens is 384 g/mol. The van der Waals surface area contributed by atoms with E-state index in [2.05, 4.69) is 15.7 Å². The van der Waals surface area contributed by atoms with Crippen LogP contribution in [0, 0.1) is 0 Å². The van der Waals surface area contributed by atoms with Gasteiger partial charge in [-0.3, -0.25) is 15.1 Å². The molecule has 0 fully saturated rings. The van der Waals surface area contributed by atoms with E-state index in [1.165, 1.54) is 0 Å².